The van der Waals surface area contributed by atoms with Gasteiger partial charge in [-0.1, -0.05) is 6.92 Å². The van der Waals surface area contributed by atoms with E-state index in [0.717, 1.165) is 26.1 Å². The molecule has 0 saturated heterocycles. The fourth-order valence-corrected chi connectivity index (χ4v) is 3.38. The third-order valence-corrected chi connectivity index (χ3v) is 4.31. The quantitative estimate of drug-likeness (QED) is 0.917. The van der Waals surface area contributed by atoms with E-state index in [2.05, 4.69) is 42.5 Å². The Hall–Kier alpha value is -1.32. The van der Waals surface area contributed by atoms with Crippen molar-refractivity contribution in [3.05, 3.63) is 34.5 Å². The second-order valence-corrected chi connectivity index (χ2v) is 5.73. The predicted octanol–water partition coefficient (Wildman–Crippen LogP) is 2.76. The molecule has 0 bridgehead atoms. The maximum absolute atomic E-state index is 5.97. The van der Waals surface area contributed by atoms with Gasteiger partial charge in [0.25, 0.3) is 0 Å². The number of nitrogens with two attached hydrogens (primary N) is 1. The fraction of sp³-hybridized carbons (Fsp3) is 0.500. The minimum Gasteiger partial charge on any atom is -0.345 e. The highest BCUT2D eigenvalue weighted by molar-refractivity contribution is 5.87. The Balaban J connectivity index is 2.26. The molecule has 3 nitrogen and oxygen atoms in total. The Labute approximate surface area is 115 Å². The number of fused-ring (bicyclic) bond motifs is 2. The van der Waals surface area contributed by atoms with E-state index in [4.69, 9.17) is 5.73 Å². The van der Waals surface area contributed by atoms with E-state index in [1.54, 1.807) is 0 Å². The van der Waals surface area contributed by atoms with Gasteiger partial charge in [0.1, 0.15) is 0 Å². The van der Waals surface area contributed by atoms with Crippen LogP contribution in [0.3, 0.4) is 0 Å². The Morgan fingerprint density at radius 3 is 2.53 bits per heavy atom. The molecule has 19 heavy (non-hydrogen) atoms. The van der Waals surface area contributed by atoms with E-state index < -0.39 is 0 Å². The number of aromatic nitrogens is 1. The van der Waals surface area contributed by atoms with Crippen LogP contribution in [0, 0.1) is 6.92 Å². The van der Waals surface area contributed by atoms with Crippen LogP contribution in [0.15, 0.2) is 12.1 Å². The molecule has 0 unspecified atom stereocenters. The monoisotopic (exact) mass is 257 g/mol. The van der Waals surface area contributed by atoms with E-state index in [1.807, 2.05) is 0 Å². The maximum atomic E-state index is 5.97. The summed E-state index contributed by atoms with van der Waals surface area (Å²) in [5, 5.41) is 1.36. The molecule has 1 aromatic heterocycles. The molecule has 3 rings (SSSR count). The number of hydrogen-bond acceptors (Lipinski definition) is 2. The Kier molecular flexibility index (Phi) is 3.11. The second-order valence-electron chi connectivity index (χ2n) is 5.73. The van der Waals surface area contributed by atoms with Crippen LogP contribution in [0.4, 0.5) is 0 Å². The first kappa shape index (κ1) is 12.7. The van der Waals surface area contributed by atoms with Crippen molar-refractivity contribution in [2.24, 2.45) is 5.73 Å². The molecule has 1 aliphatic heterocycles. The number of rotatable bonds is 3. The highest BCUT2D eigenvalue weighted by Gasteiger charge is 2.20. The number of aryl methyl sites for hydroxylation is 1. The molecule has 0 spiro atoms. The topological polar surface area (TPSA) is 34.2 Å². The van der Waals surface area contributed by atoms with Crippen LogP contribution in [0.1, 0.15) is 35.7 Å². The van der Waals surface area contributed by atoms with E-state index in [-0.39, 0.29) is 0 Å². The molecule has 0 atom stereocenters. The highest BCUT2D eigenvalue weighted by Crippen LogP contribution is 2.32. The van der Waals surface area contributed by atoms with Crippen LogP contribution in [-0.2, 0) is 26.2 Å². The van der Waals surface area contributed by atoms with Crippen LogP contribution in [-0.4, -0.2) is 16.5 Å². The lowest BCUT2D eigenvalue weighted by molar-refractivity contribution is 0.353. The molecule has 2 aromatic rings. The van der Waals surface area contributed by atoms with Gasteiger partial charge in [0.15, 0.2) is 0 Å². The van der Waals surface area contributed by atoms with E-state index >= 15 is 0 Å². The van der Waals surface area contributed by atoms with Crippen molar-refractivity contribution in [2.75, 3.05) is 7.05 Å². The van der Waals surface area contributed by atoms with Crippen LogP contribution in [0.5, 0.6) is 0 Å². The first-order valence-corrected chi connectivity index (χ1v) is 7.17. The minimum atomic E-state index is 0.633. The number of hydrogen-bond donors (Lipinski definition) is 1. The van der Waals surface area contributed by atoms with E-state index in [0.29, 0.717) is 6.54 Å². The van der Waals surface area contributed by atoms with Crippen molar-refractivity contribution in [3.8, 4) is 0 Å². The summed E-state index contributed by atoms with van der Waals surface area (Å²) < 4.78 is 2.44. The summed E-state index contributed by atoms with van der Waals surface area (Å²) in [4.78, 5) is 2.36. The van der Waals surface area contributed by atoms with Crippen molar-refractivity contribution >= 4 is 10.9 Å². The van der Waals surface area contributed by atoms with Gasteiger partial charge in [-0.25, -0.2) is 0 Å². The predicted molar refractivity (Wildman–Crippen MR) is 80.0 cm³/mol. The van der Waals surface area contributed by atoms with Crippen molar-refractivity contribution in [1.29, 1.82) is 0 Å². The van der Waals surface area contributed by atoms with Gasteiger partial charge < -0.3 is 10.3 Å². The molecule has 1 aliphatic rings. The van der Waals surface area contributed by atoms with Crippen LogP contribution in [0.2, 0.25) is 0 Å². The smallest absolute Gasteiger partial charge is 0.0489 e. The van der Waals surface area contributed by atoms with Gasteiger partial charge >= 0.3 is 0 Å². The zero-order chi connectivity index (χ0) is 13.6. The zero-order valence-electron chi connectivity index (χ0n) is 12.2. The van der Waals surface area contributed by atoms with Gasteiger partial charge in [-0.2, -0.15) is 0 Å². The third-order valence-electron chi connectivity index (χ3n) is 4.31. The summed E-state index contributed by atoms with van der Waals surface area (Å²) in [5.74, 6) is 0. The molecule has 0 aliphatic carbocycles. The first-order chi connectivity index (χ1) is 9.15. The highest BCUT2D eigenvalue weighted by atomic mass is 15.1. The van der Waals surface area contributed by atoms with Crippen LogP contribution >= 0.6 is 0 Å². The van der Waals surface area contributed by atoms with Crippen molar-refractivity contribution in [3.63, 3.8) is 0 Å². The fourth-order valence-electron chi connectivity index (χ4n) is 3.38. The summed E-state index contributed by atoms with van der Waals surface area (Å²) in [6.45, 7) is 8.28. The lowest BCUT2D eigenvalue weighted by Gasteiger charge is -2.07. The molecular formula is C16H23N3. The molecule has 0 saturated carbocycles. The SMILES string of the molecule is CCCn1c(C)c(CN)c2cc3c(cc21)CN(C)C3. The molecule has 0 amide bonds. The van der Waals surface area contributed by atoms with Gasteiger partial charge in [-0.15, -0.1) is 0 Å². The van der Waals surface area contributed by atoms with Gasteiger partial charge in [-0.05, 0) is 49.2 Å². The summed E-state index contributed by atoms with van der Waals surface area (Å²) in [5.41, 5.74) is 13.0. The normalized spacial score (nSPS) is 15.4. The Bertz CT molecular complexity index is 625. The summed E-state index contributed by atoms with van der Waals surface area (Å²) in [6, 6.07) is 4.76. The summed E-state index contributed by atoms with van der Waals surface area (Å²) in [6.07, 6.45) is 1.16. The molecule has 102 valence electrons. The van der Waals surface area contributed by atoms with Crippen LogP contribution in [0.25, 0.3) is 10.9 Å². The van der Waals surface area contributed by atoms with Gasteiger partial charge in [0.2, 0.25) is 0 Å². The maximum Gasteiger partial charge on any atom is 0.0489 e. The number of benzene rings is 1. The molecule has 1 aromatic carbocycles. The van der Waals surface area contributed by atoms with Gasteiger partial charge in [0.05, 0.1) is 0 Å². The average Bonchev–Trinajstić information content (AvgIpc) is 2.85. The average molecular weight is 257 g/mol. The van der Waals surface area contributed by atoms with Gasteiger partial charge in [0, 0.05) is 42.8 Å². The summed E-state index contributed by atoms with van der Waals surface area (Å²) >= 11 is 0. The van der Waals surface area contributed by atoms with E-state index in [9.17, 15) is 0 Å². The Morgan fingerprint density at radius 2 is 1.89 bits per heavy atom. The second kappa shape index (κ2) is 4.66. The van der Waals surface area contributed by atoms with E-state index in [1.165, 1.54) is 33.3 Å². The lowest BCUT2D eigenvalue weighted by atomic mass is 10.0. The minimum absolute atomic E-state index is 0.633. The Morgan fingerprint density at radius 1 is 1.21 bits per heavy atom. The van der Waals surface area contributed by atoms with Crippen molar-refractivity contribution in [1.82, 2.24) is 9.47 Å². The largest absolute Gasteiger partial charge is 0.345 e. The standard InChI is InChI=1S/C16H23N3/c1-4-5-19-11(2)15(8-17)14-6-12-9-18(3)10-13(12)7-16(14)19/h6-7H,4-5,8-10,17H2,1-3H3. The van der Waals surface area contributed by atoms with Crippen molar-refractivity contribution < 1.29 is 0 Å². The van der Waals surface area contributed by atoms with Crippen molar-refractivity contribution in [2.45, 2.75) is 46.4 Å². The molecule has 0 radical (unpaired) electrons. The van der Waals surface area contributed by atoms with Gasteiger partial charge in [-0.3, -0.25) is 4.90 Å². The molecular weight excluding hydrogens is 234 g/mol. The molecule has 3 heteroatoms. The lowest BCUT2D eigenvalue weighted by Crippen LogP contribution is -2.07. The molecule has 2 heterocycles. The zero-order valence-corrected chi connectivity index (χ0v) is 12.2. The molecule has 2 N–H and O–H groups in total. The first-order valence-electron chi connectivity index (χ1n) is 7.17. The number of nitrogens with zero attached hydrogens (tertiary/aromatic N) is 2. The molecule has 0 fully saturated rings. The van der Waals surface area contributed by atoms with Crippen LogP contribution < -0.4 is 5.73 Å². The third kappa shape index (κ3) is 1.88. The summed E-state index contributed by atoms with van der Waals surface area (Å²) in [7, 11) is 2.18.